The van der Waals surface area contributed by atoms with Crippen molar-refractivity contribution in [2.24, 2.45) is 4.99 Å². The SMILES string of the molecule is CCc1nncn1CCNC(=NCc1ccccc1)N(C)Cc1ccc(OC)cc1.I. The summed E-state index contributed by atoms with van der Waals surface area (Å²) in [5.41, 5.74) is 2.38. The van der Waals surface area contributed by atoms with Crippen molar-refractivity contribution in [3.8, 4) is 5.75 Å². The molecule has 0 saturated carbocycles. The van der Waals surface area contributed by atoms with Crippen LogP contribution in [0.1, 0.15) is 23.9 Å². The first-order valence-corrected chi connectivity index (χ1v) is 10.2. The van der Waals surface area contributed by atoms with Crippen LogP contribution < -0.4 is 10.1 Å². The fourth-order valence-electron chi connectivity index (χ4n) is 3.17. The van der Waals surface area contributed by atoms with Gasteiger partial charge in [-0.05, 0) is 23.3 Å². The maximum atomic E-state index is 5.25. The van der Waals surface area contributed by atoms with Crippen molar-refractivity contribution in [2.45, 2.75) is 33.0 Å². The molecule has 8 heteroatoms. The van der Waals surface area contributed by atoms with Crippen LogP contribution in [0.4, 0.5) is 0 Å². The number of aliphatic imine (C=N–C) groups is 1. The molecule has 0 spiro atoms. The normalized spacial score (nSPS) is 11.0. The van der Waals surface area contributed by atoms with Gasteiger partial charge in [-0.2, -0.15) is 0 Å². The van der Waals surface area contributed by atoms with Gasteiger partial charge < -0.3 is 19.5 Å². The van der Waals surface area contributed by atoms with E-state index in [9.17, 15) is 0 Å². The average molecular weight is 534 g/mol. The van der Waals surface area contributed by atoms with Gasteiger partial charge in [0.05, 0.1) is 13.7 Å². The number of hydrogen-bond acceptors (Lipinski definition) is 4. The second kappa shape index (κ2) is 12.9. The van der Waals surface area contributed by atoms with Crippen molar-refractivity contribution in [3.63, 3.8) is 0 Å². The Hall–Kier alpha value is -2.62. The molecule has 7 nitrogen and oxygen atoms in total. The van der Waals surface area contributed by atoms with Gasteiger partial charge in [-0.25, -0.2) is 4.99 Å². The van der Waals surface area contributed by atoms with Crippen LogP contribution in [0.5, 0.6) is 5.75 Å². The highest BCUT2D eigenvalue weighted by molar-refractivity contribution is 14.0. The number of halogens is 1. The van der Waals surface area contributed by atoms with Crippen molar-refractivity contribution >= 4 is 29.9 Å². The van der Waals surface area contributed by atoms with Crippen LogP contribution in [0.3, 0.4) is 0 Å². The third-order valence-electron chi connectivity index (χ3n) is 4.84. The number of rotatable bonds is 9. The molecule has 0 aliphatic heterocycles. The third-order valence-corrected chi connectivity index (χ3v) is 4.84. The number of nitrogens with one attached hydrogen (secondary N) is 1. The fraction of sp³-hybridized carbons (Fsp3) is 0.348. The molecule has 0 aliphatic carbocycles. The molecule has 0 atom stereocenters. The van der Waals surface area contributed by atoms with E-state index in [1.54, 1.807) is 13.4 Å². The number of methoxy groups -OCH3 is 1. The number of aromatic nitrogens is 3. The molecule has 1 aromatic heterocycles. The molecular formula is C23H31IN6O. The lowest BCUT2D eigenvalue weighted by molar-refractivity contribution is 0.414. The summed E-state index contributed by atoms with van der Waals surface area (Å²) >= 11 is 0. The summed E-state index contributed by atoms with van der Waals surface area (Å²) in [6.45, 7) is 4.99. The number of guanidine groups is 1. The van der Waals surface area contributed by atoms with Gasteiger partial charge in [0.1, 0.15) is 17.9 Å². The molecule has 166 valence electrons. The Morgan fingerprint density at radius 1 is 1.10 bits per heavy atom. The fourth-order valence-corrected chi connectivity index (χ4v) is 3.17. The molecule has 0 saturated heterocycles. The Bertz CT molecular complexity index is 927. The summed E-state index contributed by atoms with van der Waals surface area (Å²) in [6.07, 6.45) is 2.65. The molecule has 1 heterocycles. The molecule has 2 aromatic carbocycles. The van der Waals surface area contributed by atoms with Crippen LogP contribution in [-0.2, 0) is 26.1 Å². The van der Waals surface area contributed by atoms with Gasteiger partial charge in [0, 0.05) is 33.1 Å². The van der Waals surface area contributed by atoms with Crippen LogP contribution in [-0.4, -0.2) is 46.3 Å². The molecule has 0 aliphatic rings. The van der Waals surface area contributed by atoms with E-state index in [1.165, 1.54) is 11.1 Å². The Kier molecular flexibility index (Phi) is 10.3. The zero-order valence-electron chi connectivity index (χ0n) is 18.4. The maximum Gasteiger partial charge on any atom is 0.194 e. The van der Waals surface area contributed by atoms with E-state index < -0.39 is 0 Å². The molecule has 31 heavy (non-hydrogen) atoms. The minimum atomic E-state index is 0. The highest BCUT2D eigenvalue weighted by Gasteiger charge is 2.09. The minimum absolute atomic E-state index is 0. The summed E-state index contributed by atoms with van der Waals surface area (Å²) in [7, 11) is 3.73. The van der Waals surface area contributed by atoms with Gasteiger partial charge >= 0.3 is 0 Å². The summed E-state index contributed by atoms with van der Waals surface area (Å²) in [6, 6.07) is 18.4. The van der Waals surface area contributed by atoms with Crippen molar-refractivity contribution in [1.82, 2.24) is 25.0 Å². The molecule has 3 rings (SSSR count). The van der Waals surface area contributed by atoms with E-state index in [4.69, 9.17) is 9.73 Å². The minimum Gasteiger partial charge on any atom is -0.497 e. The average Bonchev–Trinajstić information content (AvgIpc) is 3.24. The molecular weight excluding hydrogens is 503 g/mol. The lowest BCUT2D eigenvalue weighted by atomic mass is 10.2. The molecule has 0 fully saturated rings. The number of ether oxygens (including phenoxy) is 1. The van der Waals surface area contributed by atoms with Gasteiger partial charge in [0.2, 0.25) is 0 Å². The first-order valence-electron chi connectivity index (χ1n) is 10.2. The van der Waals surface area contributed by atoms with Crippen LogP contribution in [0.2, 0.25) is 0 Å². The zero-order chi connectivity index (χ0) is 21.2. The lowest BCUT2D eigenvalue weighted by Crippen LogP contribution is -2.40. The highest BCUT2D eigenvalue weighted by atomic mass is 127. The summed E-state index contributed by atoms with van der Waals surface area (Å²) in [4.78, 5) is 6.99. The van der Waals surface area contributed by atoms with Crippen molar-refractivity contribution in [2.75, 3.05) is 20.7 Å². The maximum absolute atomic E-state index is 5.25. The quantitative estimate of drug-likeness (QED) is 0.258. The molecule has 0 radical (unpaired) electrons. The van der Waals surface area contributed by atoms with E-state index in [-0.39, 0.29) is 24.0 Å². The summed E-state index contributed by atoms with van der Waals surface area (Å²) < 4.78 is 7.33. The van der Waals surface area contributed by atoms with Gasteiger partial charge in [-0.1, -0.05) is 49.4 Å². The summed E-state index contributed by atoms with van der Waals surface area (Å²) in [5, 5.41) is 11.7. The van der Waals surface area contributed by atoms with E-state index in [0.717, 1.165) is 43.6 Å². The van der Waals surface area contributed by atoms with Gasteiger partial charge in [-0.3, -0.25) is 0 Å². The van der Waals surface area contributed by atoms with Gasteiger partial charge in [0.25, 0.3) is 0 Å². The lowest BCUT2D eigenvalue weighted by Gasteiger charge is -2.23. The Morgan fingerprint density at radius 2 is 1.84 bits per heavy atom. The predicted molar refractivity (Wildman–Crippen MR) is 135 cm³/mol. The Morgan fingerprint density at radius 3 is 2.52 bits per heavy atom. The molecule has 0 amide bonds. The van der Waals surface area contributed by atoms with E-state index in [0.29, 0.717) is 6.54 Å². The predicted octanol–water partition coefficient (Wildman–Crippen LogP) is 3.74. The van der Waals surface area contributed by atoms with Crippen LogP contribution >= 0.6 is 24.0 Å². The van der Waals surface area contributed by atoms with Crippen molar-refractivity contribution < 1.29 is 4.74 Å². The Balaban J connectivity index is 0.00000341. The van der Waals surface area contributed by atoms with E-state index >= 15 is 0 Å². The van der Waals surface area contributed by atoms with Gasteiger partial charge in [0.15, 0.2) is 5.96 Å². The molecule has 0 bridgehead atoms. The zero-order valence-corrected chi connectivity index (χ0v) is 20.7. The molecule has 0 unspecified atom stereocenters. The largest absolute Gasteiger partial charge is 0.497 e. The summed E-state index contributed by atoms with van der Waals surface area (Å²) in [5.74, 6) is 2.71. The third kappa shape index (κ3) is 7.54. The number of nitrogens with zero attached hydrogens (tertiary/aromatic N) is 5. The monoisotopic (exact) mass is 534 g/mol. The van der Waals surface area contributed by atoms with Crippen LogP contribution in [0, 0.1) is 0 Å². The first kappa shape index (κ1) is 24.6. The standard InChI is InChI=1S/C23H30N6O.HI/c1-4-22-27-26-18-29(22)15-14-24-23(25-16-19-8-6-5-7-9-19)28(2)17-20-10-12-21(30-3)13-11-20;/h5-13,18H,4,14-17H2,1-3H3,(H,24,25);1H. The van der Waals surface area contributed by atoms with Crippen LogP contribution in [0.15, 0.2) is 65.9 Å². The second-order valence-electron chi connectivity index (χ2n) is 7.05. The van der Waals surface area contributed by atoms with E-state index in [1.807, 2.05) is 30.3 Å². The van der Waals surface area contributed by atoms with E-state index in [2.05, 4.69) is 63.2 Å². The topological polar surface area (TPSA) is 67.6 Å². The molecule has 1 N–H and O–H groups in total. The second-order valence-corrected chi connectivity index (χ2v) is 7.05. The van der Waals surface area contributed by atoms with Crippen LogP contribution in [0.25, 0.3) is 0 Å². The Labute approximate surface area is 201 Å². The first-order chi connectivity index (χ1) is 14.7. The number of hydrogen-bond donors (Lipinski definition) is 1. The number of benzene rings is 2. The molecule has 3 aromatic rings. The van der Waals surface area contributed by atoms with Crippen molar-refractivity contribution in [3.05, 3.63) is 77.9 Å². The van der Waals surface area contributed by atoms with Gasteiger partial charge in [-0.15, -0.1) is 34.2 Å². The highest BCUT2D eigenvalue weighted by Crippen LogP contribution is 2.13. The smallest absolute Gasteiger partial charge is 0.194 e. The number of aryl methyl sites for hydroxylation is 1. The van der Waals surface area contributed by atoms with Crippen molar-refractivity contribution in [1.29, 1.82) is 0 Å².